The SMILES string of the molecule is O=C(O)CC(c1cc(Br)c(Cl)s1)N1CCCC1. The number of nitrogens with zero attached hydrogens (tertiary/aromatic N) is 1. The van der Waals surface area contributed by atoms with Gasteiger partial charge in [-0.2, -0.15) is 0 Å². The molecule has 1 aromatic rings. The molecule has 17 heavy (non-hydrogen) atoms. The molecule has 1 aliphatic rings. The van der Waals surface area contributed by atoms with Gasteiger partial charge in [-0.05, 0) is 47.9 Å². The topological polar surface area (TPSA) is 40.5 Å². The molecular weight excluding hydrogens is 326 g/mol. The summed E-state index contributed by atoms with van der Waals surface area (Å²) in [5.74, 6) is -0.762. The van der Waals surface area contributed by atoms with Crippen molar-refractivity contribution in [1.29, 1.82) is 0 Å². The zero-order valence-electron chi connectivity index (χ0n) is 9.16. The van der Waals surface area contributed by atoms with Crippen molar-refractivity contribution in [3.05, 3.63) is 19.8 Å². The van der Waals surface area contributed by atoms with Crippen LogP contribution in [0.2, 0.25) is 4.34 Å². The maximum atomic E-state index is 11.0. The summed E-state index contributed by atoms with van der Waals surface area (Å²) < 4.78 is 1.54. The van der Waals surface area contributed by atoms with Gasteiger partial charge in [-0.1, -0.05) is 11.6 Å². The van der Waals surface area contributed by atoms with Crippen LogP contribution in [0.15, 0.2) is 10.5 Å². The van der Waals surface area contributed by atoms with Crippen LogP contribution in [-0.4, -0.2) is 29.1 Å². The third-order valence-electron chi connectivity index (χ3n) is 2.94. The molecule has 0 radical (unpaired) electrons. The van der Waals surface area contributed by atoms with Crippen molar-refractivity contribution in [2.45, 2.75) is 25.3 Å². The number of likely N-dealkylation sites (tertiary alicyclic amines) is 1. The second-order valence-electron chi connectivity index (χ2n) is 4.13. The van der Waals surface area contributed by atoms with E-state index < -0.39 is 5.97 Å². The average molecular weight is 339 g/mol. The highest BCUT2D eigenvalue weighted by molar-refractivity contribution is 9.10. The fourth-order valence-corrected chi connectivity index (χ4v) is 4.03. The van der Waals surface area contributed by atoms with Crippen molar-refractivity contribution >= 4 is 44.8 Å². The molecule has 0 spiro atoms. The van der Waals surface area contributed by atoms with Gasteiger partial charge in [0.15, 0.2) is 0 Å². The van der Waals surface area contributed by atoms with Crippen LogP contribution in [0, 0.1) is 0 Å². The summed E-state index contributed by atoms with van der Waals surface area (Å²) in [6, 6.07) is 1.91. The molecule has 1 fully saturated rings. The van der Waals surface area contributed by atoms with E-state index in [0.717, 1.165) is 35.3 Å². The molecule has 1 aromatic heterocycles. The molecule has 0 bridgehead atoms. The van der Waals surface area contributed by atoms with Crippen LogP contribution >= 0.6 is 38.9 Å². The summed E-state index contributed by atoms with van der Waals surface area (Å²) in [4.78, 5) is 14.2. The van der Waals surface area contributed by atoms with Gasteiger partial charge < -0.3 is 5.11 Å². The summed E-state index contributed by atoms with van der Waals surface area (Å²) >= 11 is 10.9. The number of thiophene rings is 1. The van der Waals surface area contributed by atoms with E-state index >= 15 is 0 Å². The number of carbonyl (C=O) groups is 1. The Balaban J connectivity index is 2.22. The molecule has 0 amide bonds. The van der Waals surface area contributed by atoms with Gasteiger partial charge in [0.05, 0.1) is 12.5 Å². The molecule has 0 aliphatic carbocycles. The highest BCUT2D eigenvalue weighted by Gasteiger charge is 2.27. The lowest BCUT2D eigenvalue weighted by molar-refractivity contribution is -0.138. The Morgan fingerprint density at radius 3 is 2.71 bits per heavy atom. The molecule has 2 rings (SSSR count). The van der Waals surface area contributed by atoms with E-state index in [1.807, 2.05) is 6.07 Å². The predicted molar refractivity (Wildman–Crippen MR) is 72.8 cm³/mol. The van der Waals surface area contributed by atoms with Crippen LogP contribution < -0.4 is 0 Å². The molecule has 94 valence electrons. The Hall–Kier alpha value is -0.100. The fraction of sp³-hybridized carbons (Fsp3) is 0.545. The van der Waals surface area contributed by atoms with Crippen molar-refractivity contribution < 1.29 is 9.90 Å². The van der Waals surface area contributed by atoms with Crippen LogP contribution in [0.4, 0.5) is 0 Å². The second kappa shape index (κ2) is 5.69. The zero-order chi connectivity index (χ0) is 12.4. The summed E-state index contributed by atoms with van der Waals surface area (Å²) in [7, 11) is 0. The number of aliphatic carboxylic acids is 1. The van der Waals surface area contributed by atoms with Gasteiger partial charge in [0.2, 0.25) is 0 Å². The molecule has 3 nitrogen and oxygen atoms in total. The minimum atomic E-state index is -0.762. The van der Waals surface area contributed by atoms with E-state index in [9.17, 15) is 4.79 Å². The van der Waals surface area contributed by atoms with Crippen LogP contribution in [0.5, 0.6) is 0 Å². The molecular formula is C11H13BrClNO2S. The summed E-state index contributed by atoms with van der Waals surface area (Å²) in [6.45, 7) is 1.95. The van der Waals surface area contributed by atoms with Crippen LogP contribution in [0.3, 0.4) is 0 Å². The molecule has 0 aromatic carbocycles. The van der Waals surface area contributed by atoms with Gasteiger partial charge in [0, 0.05) is 9.35 Å². The fourth-order valence-electron chi connectivity index (χ4n) is 2.16. The lowest BCUT2D eigenvalue weighted by atomic mass is 10.1. The zero-order valence-corrected chi connectivity index (χ0v) is 12.3. The summed E-state index contributed by atoms with van der Waals surface area (Å²) in [5, 5.41) is 9.01. The van der Waals surface area contributed by atoms with Crippen molar-refractivity contribution in [3.63, 3.8) is 0 Å². The van der Waals surface area contributed by atoms with Gasteiger partial charge in [-0.15, -0.1) is 11.3 Å². The van der Waals surface area contributed by atoms with E-state index in [0.29, 0.717) is 4.34 Å². The number of halogens is 2. The highest BCUT2D eigenvalue weighted by atomic mass is 79.9. The lowest BCUT2D eigenvalue weighted by Gasteiger charge is -2.25. The normalized spacial score (nSPS) is 18.5. The van der Waals surface area contributed by atoms with Crippen molar-refractivity contribution in [3.8, 4) is 0 Å². The molecule has 6 heteroatoms. The largest absolute Gasteiger partial charge is 0.481 e. The van der Waals surface area contributed by atoms with E-state index in [1.54, 1.807) is 0 Å². The first kappa shape index (κ1) is 13.3. The number of hydrogen-bond donors (Lipinski definition) is 1. The molecule has 1 atom stereocenters. The smallest absolute Gasteiger partial charge is 0.305 e. The number of carboxylic acid groups (broad SMARTS) is 1. The molecule has 1 N–H and O–H groups in total. The predicted octanol–water partition coefficient (Wildman–Crippen LogP) is 3.78. The first-order chi connectivity index (χ1) is 8.08. The third-order valence-corrected chi connectivity index (χ3v) is 5.52. The molecule has 1 unspecified atom stereocenters. The van der Waals surface area contributed by atoms with Crippen molar-refractivity contribution in [1.82, 2.24) is 4.90 Å². The lowest BCUT2D eigenvalue weighted by Crippen LogP contribution is -2.27. The Labute approximate surface area is 118 Å². The monoisotopic (exact) mass is 337 g/mol. The highest BCUT2D eigenvalue weighted by Crippen LogP contribution is 2.39. The first-order valence-electron chi connectivity index (χ1n) is 5.48. The number of hydrogen-bond acceptors (Lipinski definition) is 3. The Morgan fingerprint density at radius 1 is 1.59 bits per heavy atom. The van der Waals surface area contributed by atoms with E-state index in [1.165, 1.54) is 11.3 Å². The minimum Gasteiger partial charge on any atom is -0.481 e. The summed E-state index contributed by atoms with van der Waals surface area (Å²) in [5.41, 5.74) is 0. The third kappa shape index (κ3) is 3.22. The van der Waals surface area contributed by atoms with Crippen LogP contribution in [0.1, 0.15) is 30.2 Å². The maximum absolute atomic E-state index is 11.0. The van der Waals surface area contributed by atoms with Gasteiger partial charge >= 0.3 is 5.97 Å². The van der Waals surface area contributed by atoms with Crippen LogP contribution in [-0.2, 0) is 4.79 Å². The summed E-state index contributed by atoms with van der Waals surface area (Å²) in [6.07, 6.45) is 2.44. The standard InChI is InChI=1S/C11H13BrClNO2S/c12-7-5-9(17-11(7)13)8(6-10(15)16)14-3-1-2-4-14/h5,8H,1-4,6H2,(H,15,16). The number of rotatable bonds is 4. The van der Waals surface area contributed by atoms with E-state index in [4.69, 9.17) is 16.7 Å². The van der Waals surface area contributed by atoms with Crippen molar-refractivity contribution in [2.75, 3.05) is 13.1 Å². The van der Waals surface area contributed by atoms with Crippen LogP contribution in [0.25, 0.3) is 0 Å². The first-order valence-corrected chi connectivity index (χ1v) is 7.47. The van der Waals surface area contributed by atoms with Gasteiger partial charge in [-0.3, -0.25) is 9.69 Å². The van der Waals surface area contributed by atoms with Crippen molar-refractivity contribution in [2.24, 2.45) is 0 Å². The van der Waals surface area contributed by atoms with Gasteiger partial charge in [0.1, 0.15) is 4.34 Å². The molecule has 1 aliphatic heterocycles. The quantitative estimate of drug-likeness (QED) is 0.908. The number of carboxylic acids is 1. The maximum Gasteiger partial charge on any atom is 0.305 e. The minimum absolute atomic E-state index is 0.0381. The van der Waals surface area contributed by atoms with Gasteiger partial charge in [0.25, 0.3) is 0 Å². The average Bonchev–Trinajstić information content (AvgIpc) is 2.86. The molecule has 1 saturated heterocycles. The second-order valence-corrected chi connectivity index (χ2v) is 6.67. The molecule has 2 heterocycles. The molecule has 0 saturated carbocycles. The van der Waals surface area contributed by atoms with E-state index in [2.05, 4.69) is 20.8 Å². The Bertz CT molecular complexity index is 398. The Kier molecular flexibility index (Phi) is 4.47. The van der Waals surface area contributed by atoms with Gasteiger partial charge in [-0.25, -0.2) is 0 Å². The van der Waals surface area contributed by atoms with E-state index in [-0.39, 0.29) is 12.5 Å². The Morgan fingerprint density at radius 2 is 2.24 bits per heavy atom.